The molecule has 1 aromatic rings. The summed E-state index contributed by atoms with van der Waals surface area (Å²) in [7, 11) is 1.79. The monoisotopic (exact) mass is 374 g/mol. The third-order valence-corrected chi connectivity index (χ3v) is 5.31. The zero-order chi connectivity index (χ0) is 19.2. The number of ether oxygens (including phenoxy) is 1. The van der Waals surface area contributed by atoms with E-state index in [2.05, 4.69) is 16.3 Å². The molecular weight excluding hydrogens is 344 g/mol. The highest BCUT2D eigenvalue weighted by Crippen LogP contribution is 2.20. The lowest BCUT2D eigenvalue weighted by Crippen LogP contribution is -2.37. The second kappa shape index (κ2) is 9.19. The number of carbonyl (C=O) groups excluding carboxylic acids is 2. The number of para-hydroxylation sites is 1. The van der Waals surface area contributed by atoms with Gasteiger partial charge in [0, 0.05) is 64.3 Å². The zero-order valence-corrected chi connectivity index (χ0v) is 16.3. The lowest BCUT2D eigenvalue weighted by atomic mass is 10.1. The molecule has 2 aliphatic rings. The topological polar surface area (TPSA) is 65.1 Å². The SMILES string of the molecule is CCN1C[C@@H](CN(C)C(=O)Nc2ccccc2CN2CCOCC2)CC1=O. The van der Waals surface area contributed by atoms with Crippen molar-refractivity contribution >= 4 is 17.6 Å². The summed E-state index contributed by atoms with van der Waals surface area (Å²) in [6.07, 6.45) is 0.527. The second-order valence-corrected chi connectivity index (χ2v) is 7.36. The van der Waals surface area contributed by atoms with Crippen LogP contribution in [0.1, 0.15) is 18.9 Å². The normalized spacial score (nSPS) is 20.7. The van der Waals surface area contributed by atoms with Crippen LogP contribution in [0, 0.1) is 5.92 Å². The Kier molecular flexibility index (Phi) is 6.68. The van der Waals surface area contributed by atoms with E-state index in [0.29, 0.717) is 13.0 Å². The Hall–Kier alpha value is -2.12. The fourth-order valence-electron chi connectivity index (χ4n) is 3.74. The molecule has 1 aromatic carbocycles. The van der Waals surface area contributed by atoms with Gasteiger partial charge in [0.2, 0.25) is 5.91 Å². The molecule has 0 aromatic heterocycles. The first kappa shape index (κ1) is 19.6. The van der Waals surface area contributed by atoms with E-state index in [1.54, 1.807) is 11.9 Å². The maximum atomic E-state index is 12.7. The van der Waals surface area contributed by atoms with Crippen LogP contribution in [0.3, 0.4) is 0 Å². The van der Waals surface area contributed by atoms with E-state index in [4.69, 9.17) is 4.74 Å². The number of morpholine rings is 1. The van der Waals surface area contributed by atoms with E-state index in [0.717, 1.165) is 57.2 Å². The molecule has 0 spiro atoms. The number of hydrogen-bond donors (Lipinski definition) is 1. The molecule has 3 amide bonds. The summed E-state index contributed by atoms with van der Waals surface area (Å²) in [5.74, 6) is 0.393. The van der Waals surface area contributed by atoms with Gasteiger partial charge in [0.15, 0.2) is 0 Å². The molecule has 2 saturated heterocycles. The average Bonchev–Trinajstić information content (AvgIpc) is 3.03. The van der Waals surface area contributed by atoms with Crippen molar-refractivity contribution < 1.29 is 14.3 Å². The van der Waals surface area contributed by atoms with Crippen molar-refractivity contribution in [1.82, 2.24) is 14.7 Å². The number of nitrogens with zero attached hydrogens (tertiary/aromatic N) is 3. The van der Waals surface area contributed by atoms with Crippen LogP contribution in [-0.2, 0) is 16.1 Å². The Balaban J connectivity index is 1.56. The van der Waals surface area contributed by atoms with E-state index in [9.17, 15) is 9.59 Å². The van der Waals surface area contributed by atoms with Crippen molar-refractivity contribution in [2.75, 3.05) is 58.3 Å². The van der Waals surface area contributed by atoms with Crippen molar-refractivity contribution in [3.05, 3.63) is 29.8 Å². The number of nitrogens with one attached hydrogen (secondary N) is 1. The second-order valence-electron chi connectivity index (χ2n) is 7.36. The summed E-state index contributed by atoms with van der Waals surface area (Å²) >= 11 is 0. The molecule has 27 heavy (non-hydrogen) atoms. The molecule has 1 N–H and O–H groups in total. The molecule has 0 aliphatic carbocycles. The van der Waals surface area contributed by atoms with Crippen LogP contribution in [0.25, 0.3) is 0 Å². The van der Waals surface area contributed by atoms with Gasteiger partial charge >= 0.3 is 6.03 Å². The van der Waals surface area contributed by atoms with E-state index in [1.165, 1.54) is 0 Å². The van der Waals surface area contributed by atoms with Gasteiger partial charge in [0.1, 0.15) is 0 Å². The number of benzene rings is 1. The molecule has 148 valence electrons. The molecule has 0 unspecified atom stereocenters. The summed E-state index contributed by atoms with van der Waals surface area (Å²) in [5.41, 5.74) is 1.95. The number of rotatable bonds is 6. The largest absolute Gasteiger partial charge is 0.379 e. The smallest absolute Gasteiger partial charge is 0.321 e. The van der Waals surface area contributed by atoms with Crippen molar-refractivity contribution in [1.29, 1.82) is 0 Å². The Morgan fingerprint density at radius 2 is 2.04 bits per heavy atom. The third-order valence-electron chi connectivity index (χ3n) is 5.31. The lowest BCUT2D eigenvalue weighted by Gasteiger charge is -2.28. The van der Waals surface area contributed by atoms with Gasteiger partial charge in [0.25, 0.3) is 0 Å². The van der Waals surface area contributed by atoms with Crippen molar-refractivity contribution in [2.24, 2.45) is 5.92 Å². The van der Waals surface area contributed by atoms with Crippen molar-refractivity contribution in [2.45, 2.75) is 19.9 Å². The van der Waals surface area contributed by atoms with Gasteiger partial charge in [-0.05, 0) is 18.6 Å². The van der Waals surface area contributed by atoms with E-state index < -0.39 is 0 Å². The first-order valence-corrected chi connectivity index (χ1v) is 9.74. The fourth-order valence-corrected chi connectivity index (χ4v) is 3.74. The zero-order valence-electron chi connectivity index (χ0n) is 16.3. The van der Waals surface area contributed by atoms with Crippen LogP contribution >= 0.6 is 0 Å². The van der Waals surface area contributed by atoms with Crippen LogP contribution < -0.4 is 5.32 Å². The van der Waals surface area contributed by atoms with Gasteiger partial charge in [0.05, 0.1) is 13.2 Å². The maximum Gasteiger partial charge on any atom is 0.321 e. The molecule has 7 heteroatoms. The summed E-state index contributed by atoms with van der Waals surface area (Å²) in [4.78, 5) is 30.4. The molecule has 1 atom stereocenters. The minimum absolute atomic E-state index is 0.133. The highest BCUT2D eigenvalue weighted by Gasteiger charge is 2.30. The minimum atomic E-state index is -0.133. The highest BCUT2D eigenvalue weighted by molar-refractivity contribution is 5.90. The Morgan fingerprint density at radius 3 is 2.74 bits per heavy atom. The number of urea groups is 1. The molecule has 2 fully saturated rings. The summed E-state index contributed by atoms with van der Waals surface area (Å²) in [5, 5.41) is 3.04. The Bertz CT molecular complexity index is 660. The van der Waals surface area contributed by atoms with Crippen LogP contribution in [0.5, 0.6) is 0 Å². The standard InChI is InChI=1S/C20H30N4O3/c1-3-24-14-16(12-19(24)25)13-22(2)20(26)21-18-7-5-4-6-17(18)15-23-8-10-27-11-9-23/h4-7,16H,3,8-15H2,1-2H3,(H,21,26)/t16-/m1/s1. The van der Waals surface area contributed by atoms with Crippen LogP contribution in [0.4, 0.5) is 10.5 Å². The predicted molar refractivity (Wildman–Crippen MR) is 105 cm³/mol. The number of amides is 3. The van der Waals surface area contributed by atoms with E-state index in [-0.39, 0.29) is 17.9 Å². The highest BCUT2D eigenvalue weighted by atomic mass is 16.5. The molecular formula is C20H30N4O3. The molecule has 2 heterocycles. The van der Waals surface area contributed by atoms with Gasteiger partial charge in [-0.1, -0.05) is 18.2 Å². The summed E-state index contributed by atoms with van der Waals surface area (Å²) in [6.45, 7) is 8.17. The molecule has 0 bridgehead atoms. The van der Waals surface area contributed by atoms with Crippen LogP contribution in [-0.4, -0.2) is 79.6 Å². The summed E-state index contributed by atoms with van der Waals surface area (Å²) < 4.78 is 5.40. The fraction of sp³-hybridized carbons (Fsp3) is 0.600. The summed E-state index contributed by atoms with van der Waals surface area (Å²) in [6, 6.07) is 7.80. The quantitative estimate of drug-likeness (QED) is 0.825. The van der Waals surface area contributed by atoms with Gasteiger partial charge in [-0.15, -0.1) is 0 Å². The number of likely N-dealkylation sites (tertiary alicyclic amines) is 1. The molecule has 7 nitrogen and oxygen atoms in total. The van der Waals surface area contributed by atoms with Crippen LogP contribution in [0.15, 0.2) is 24.3 Å². The molecule has 0 saturated carbocycles. The van der Waals surface area contributed by atoms with Gasteiger partial charge in [-0.3, -0.25) is 9.69 Å². The number of carbonyl (C=O) groups is 2. The van der Waals surface area contributed by atoms with Crippen molar-refractivity contribution in [3.8, 4) is 0 Å². The Morgan fingerprint density at radius 1 is 1.30 bits per heavy atom. The average molecular weight is 374 g/mol. The predicted octanol–water partition coefficient (Wildman–Crippen LogP) is 1.85. The number of anilines is 1. The first-order valence-electron chi connectivity index (χ1n) is 9.74. The molecule has 3 rings (SSSR count). The third kappa shape index (κ3) is 5.20. The van der Waals surface area contributed by atoms with Gasteiger partial charge in [-0.25, -0.2) is 4.79 Å². The van der Waals surface area contributed by atoms with E-state index >= 15 is 0 Å². The number of hydrogen-bond acceptors (Lipinski definition) is 4. The Labute approximate surface area is 161 Å². The molecule has 0 radical (unpaired) electrons. The first-order chi connectivity index (χ1) is 13.1. The van der Waals surface area contributed by atoms with E-state index in [1.807, 2.05) is 30.0 Å². The van der Waals surface area contributed by atoms with Crippen LogP contribution in [0.2, 0.25) is 0 Å². The van der Waals surface area contributed by atoms with Crippen molar-refractivity contribution in [3.63, 3.8) is 0 Å². The minimum Gasteiger partial charge on any atom is -0.379 e. The maximum absolute atomic E-state index is 12.7. The van der Waals surface area contributed by atoms with Gasteiger partial charge < -0.3 is 19.9 Å². The lowest BCUT2D eigenvalue weighted by molar-refractivity contribution is -0.127. The van der Waals surface area contributed by atoms with Gasteiger partial charge in [-0.2, -0.15) is 0 Å². The molecule has 2 aliphatic heterocycles.